The molecule has 0 aliphatic carbocycles. The maximum Gasteiger partial charge on any atom is 0.282 e. The number of hydrogen-bond donors (Lipinski definition) is 2. The SMILES string of the molecule is COc1ccc(Cl)cc1NC(=O)[C@H](C)[NH+]1CCN(c2ccc(C(C)=O)cc2)CC1. The zero-order chi connectivity index (χ0) is 21.0. The third kappa shape index (κ3) is 5.08. The number of ether oxygens (including phenoxy) is 1. The number of quaternary nitrogens is 1. The molecule has 1 aliphatic rings. The number of methoxy groups -OCH3 is 1. The topological polar surface area (TPSA) is 63.1 Å². The van der Waals surface area contributed by atoms with Crippen LogP contribution in [0.4, 0.5) is 11.4 Å². The molecule has 3 rings (SSSR count). The molecule has 29 heavy (non-hydrogen) atoms. The van der Waals surface area contributed by atoms with E-state index in [9.17, 15) is 9.59 Å². The molecule has 1 aliphatic heterocycles. The molecular formula is C22H27ClN3O3+. The van der Waals surface area contributed by atoms with E-state index in [0.717, 1.165) is 37.4 Å². The van der Waals surface area contributed by atoms with Crippen molar-refractivity contribution in [1.29, 1.82) is 0 Å². The van der Waals surface area contributed by atoms with Crippen LogP contribution in [0.2, 0.25) is 5.02 Å². The molecular weight excluding hydrogens is 390 g/mol. The molecule has 7 heteroatoms. The van der Waals surface area contributed by atoms with E-state index < -0.39 is 0 Å². The minimum atomic E-state index is -0.194. The molecule has 154 valence electrons. The lowest BCUT2D eigenvalue weighted by molar-refractivity contribution is -0.914. The summed E-state index contributed by atoms with van der Waals surface area (Å²) in [4.78, 5) is 27.7. The fraction of sp³-hybridized carbons (Fsp3) is 0.364. The van der Waals surface area contributed by atoms with Crippen LogP contribution in [0, 0.1) is 0 Å². The van der Waals surface area contributed by atoms with Gasteiger partial charge in [-0.1, -0.05) is 11.6 Å². The van der Waals surface area contributed by atoms with E-state index in [1.165, 1.54) is 4.90 Å². The molecule has 1 heterocycles. The molecule has 0 spiro atoms. The van der Waals surface area contributed by atoms with Crippen LogP contribution >= 0.6 is 11.6 Å². The summed E-state index contributed by atoms with van der Waals surface area (Å²) >= 11 is 6.05. The number of amides is 1. The van der Waals surface area contributed by atoms with E-state index in [1.54, 1.807) is 32.2 Å². The van der Waals surface area contributed by atoms with Crippen molar-refractivity contribution in [2.24, 2.45) is 0 Å². The molecule has 0 bridgehead atoms. The first-order valence-electron chi connectivity index (χ1n) is 9.74. The number of piperazine rings is 1. The molecule has 1 amide bonds. The van der Waals surface area contributed by atoms with Crippen LogP contribution < -0.4 is 19.9 Å². The van der Waals surface area contributed by atoms with Gasteiger partial charge in [0.2, 0.25) is 0 Å². The van der Waals surface area contributed by atoms with Gasteiger partial charge in [0.05, 0.1) is 39.0 Å². The molecule has 0 aromatic heterocycles. The normalized spacial score (nSPS) is 15.7. The Morgan fingerprint density at radius 3 is 2.38 bits per heavy atom. The van der Waals surface area contributed by atoms with E-state index in [1.807, 2.05) is 31.2 Å². The highest BCUT2D eigenvalue weighted by molar-refractivity contribution is 6.31. The van der Waals surface area contributed by atoms with Crippen molar-refractivity contribution < 1.29 is 19.2 Å². The molecule has 2 aromatic rings. The summed E-state index contributed by atoms with van der Waals surface area (Å²) in [5.74, 6) is 0.602. The van der Waals surface area contributed by atoms with Gasteiger partial charge in [0, 0.05) is 16.3 Å². The maximum atomic E-state index is 12.8. The van der Waals surface area contributed by atoms with Gasteiger partial charge < -0.3 is 19.9 Å². The lowest BCUT2D eigenvalue weighted by atomic mass is 10.1. The number of carbonyl (C=O) groups excluding carboxylic acids is 2. The monoisotopic (exact) mass is 416 g/mol. The second-order valence-electron chi connectivity index (χ2n) is 7.30. The molecule has 6 nitrogen and oxygen atoms in total. The first-order chi connectivity index (χ1) is 13.9. The number of carbonyl (C=O) groups is 2. The van der Waals surface area contributed by atoms with Crippen molar-refractivity contribution in [1.82, 2.24) is 0 Å². The average Bonchev–Trinajstić information content (AvgIpc) is 2.73. The average molecular weight is 417 g/mol. The van der Waals surface area contributed by atoms with Crippen LogP contribution in [-0.2, 0) is 4.79 Å². The number of Topliss-reactive ketones (excluding diaryl/α,β-unsaturated/α-hetero) is 1. The lowest BCUT2D eigenvalue weighted by Crippen LogP contribution is -3.19. The smallest absolute Gasteiger partial charge is 0.282 e. The van der Waals surface area contributed by atoms with E-state index in [-0.39, 0.29) is 17.7 Å². The summed E-state index contributed by atoms with van der Waals surface area (Å²) in [6.07, 6.45) is 0. The van der Waals surface area contributed by atoms with Crippen LogP contribution in [0.5, 0.6) is 5.75 Å². The van der Waals surface area contributed by atoms with Gasteiger partial charge in [-0.05, 0) is 56.3 Å². The van der Waals surface area contributed by atoms with Gasteiger partial charge in [-0.3, -0.25) is 9.59 Å². The number of rotatable bonds is 6. The first-order valence-corrected chi connectivity index (χ1v) is 10.1. The Hall–Kier alpha value is -2.57. The minimum absolute atomic E-state index is 0.0557. The standard InChI is InChI=1S/C22H26ClN3O3/c1-15(22(28)24-20-14-18(23)6-9-21(20)29-3)25-10-12-26(13-11-25)19-7-4-17(5-8-19)16(2)27/h4-9,14-15H,10-13H2,1-3H3,(H,24,28)/p+1/t15-/m0/s1. The Morgan fingerprint density at radius 1 is 1.14 bits per heavy atom. The number of ketones is 1. The molecule has 1 saturated heterocycles. The van der Waals surface area contributed by atoms with E-state index >= 15 is 0 Å². The molecule has 2 N–H and O–H groups in total. The number of anilines is 2. The van der Waals surface area contributed by atoms with Crippen molar-refractivity contribution in [3.05, 3.63) is 53.1 Å². The van der Waals surface area contributed by atoms with Crippen molar-refractivity contribution in [3.63, 3.8) is 0 Å². The quantitative estimate of drug-likeness (QED) is 0.709. The van der Waals surface area contributed by atoms with Crippen LogP contribution in [0.15, 0.2) is 42.5 Å². The summed E-state index contributed by atoms with van der Waals surface area (Å²) in [6, 6.07) is 12.7. The fourth-order valence-electron chi connectivity index (χ4n) is 3.60. The van der Waals surface area contributed by atoms with Crippen molar-refractivity contribution in [3.8, 4) is 5.75 Å². The second kappa shape index (κ2) is 9.29. The summed E-state index contributed by atoms with van der Waals surface area (Å²) < 4.78 is 5.30. The number of hydrogen-bond acceptors (Lipinski definition) is 4. The molecule has 0 radical (unpaired) electrons. The summed E-state index contributed by atoms with van der Waals surface area (Å²) in [6.45, 7) is 6.94. The van der Waals surface area contributed by atoms with Crippen molar-refractivity contribution >= 4 is 34.7 Å². The highest BCUT2D eigenvalue weighted by Crippen LogP contribution is 2.27. The maximum absolute atomic E-state index is 12.8. The van der Waals surface area contributed by atoms with Gasteiger partial charge in [-0.15, -0.1) is 0 Å². The van der Waals surface area contributed by atoms with E-state index in [4.69, 9.17) is 16.3 Å². The van der Waals surface area contributed by atoms with Crippen LogP contribution in [0.25, 0.3) is 0 Å². The Labute approximate surface area is 176 Å². The molecule has 1 fully saturated rings. The number of nitrogens with zero attached hydrogens (tertiary/aromatic N) is 1. The van der Waals surface area contributed by atoms with Crippen LogP contribution in [-0.4, -0.2) is 51.0 Å². The van der Waals surface area contributed by atoms with Gasteiger partial charge >= 0.3 is 0 Å². The zero-order valence-electron chi connectivity index (χ0n) is 17.0. The number of halogens is 1. The van der Waals surface area contributed by atoms with E-state index in [2.05, 4.69) is 10.2 Å². The predicted molar refractivity (Wildman–Crippen MR) is 115 cm³/mol. The van der Waals surface area contributed by atoms with Gasteiger partial charge in [0.1, 0.15) is 5.75 Å². The zero-order valence-corrected chi connectivity index (χ0v) is 17.8. The molecule has 2 aromatic carbocycles. The Balaban J connectivity index is 1.58. The van der Waals surface area contributed by atoms with Crippen LogP contribution in [0.1, 0.15) is 24.2 Å². The van der Waals surface area contributed by atoms with E-state index in [0.29, 0.717) is 16.5 Å². The summed E-state index contributed by atoms with van der Waals surface area (Å²) in [7, 11) is 1.57. The Morgan fingerprint density at radius 2 is 1.79 bits per heavy atom. The predicted octanol–water partition coefficient (Wildman–Crippen LogP) is 2.28. The highest BCUT2D eigenvalue weighted by atomic mass is 35.5. The molecule has 0 saturated carbocycles. The summed E-state index contributed by atoms with van der Waals surface area (Å²) in [5.41, 5.74) is 2.41. The highest BCUT2D eigenvalue weighted by Gasteiger charge is 2.29. The second-order valence-corrected chi connectivity index (χ2v) is 7.74. The molecule has 1 atom stereocenters. The third-order valence-corrected chi connectivity index (χ3v) is 5.70. The fourth-order valence-corrected chi connectivity index (χ4v) is 3.77. The minimum Gasteiger partial charge on any atom is -0.495 e. The number of nitrogens with one attached hydrogen (secondary N) is 2. The van der Waals surface area contributed by atoms with Gasteiger partial charge in [0.25, 0.3) is 5.91 Å². The Bertz CT molecular complexity index is 877. The van der Waals surface area contributed by atoms with Crippen molar-refractivity contribution in [2.75, 3.05) is 43.5 Å². The van der Waals surface area contributed by atoms with Crippen molar-refractivity contribution in [2.45, 2.75) is 19.9 Å². The third-order valence-electron chi connectivity index (χ3n) is 5.47. The van der Waals surface area contributed by atoms with Gasteiger partial charge in [0.15, 0.2) is 11.8 Å². The molecule has 0 unspecified atom stereocenters. The van der Waals surface area contributed by atoms with Gasteiger partial charge in [-0.25, -0.2) is 0 Å². The largest absolute Gasteiger partial charge is 0.495 e. The first kappa shape index (κ1) is 21.1. The lowest BCUT2D eigenvalue weighted by Gasteiger charge is -2.36. The number of benzene rings is 2. The summed E-state index contributed by atoms with van der Waals surface area (Å²) in [5, 5.41) is 3.49. The Kier molecular flexibility index (Phi) is 6.77. The van der Waals surface area contributed by atoms with Gasteiger partial charge in [-0.2, -0.15) is 0 Å². The van der Waals surface area contributed by atoms with Crippen LogP contribution in [0.3, 0.4) is 0 Å².